The molecule has 0 atom stereocenters. The Hall–Kier alpha value is -4.21. The fourth-order valence-electron chi connectivity index (χ4n) is 3.59. The summed E-state index contributed by atoms with van der Waals surface area (Å²) >= 11 is 0. The van der Waals surface area contributed by atoms with E-state index in [-0.39, 0.29) is 36.4 Å². The Morgan fingerprint density at radius 3 is 2.15 bits per heavy atom. The molecule has 0 spiro atoms. The van der Waals surface area contributed by atoms with Gasteiger partial charge in [0.25, 0.3) is 5.91 Å². The Morgan fingerprint density at radius 1 is 0.795 bits per heavy atom. The van der Waals surface area contributed by atoms with Crippen LogP contribution in [0, 0.1) is 5.92 Å². The van der Waals surface area contributed by atoms with Crippen molar-refractivity contribution in [3.05, 3.63) is 83.4 Å². The number of hydrogen-bond donors (Lipinski definition) is 1. The predicted molar refractivity (Wildman–Crippen MR) is 145 cm³/mol. The molecule has 3 aromatic carbocycles. The highest BCUT2D eigenvalue weighted by Crippen LogP contribution is 2.33. The van der Waals surface area contributed by atoms with E-state index in [1.807, 2.05) is 32.0 Å². The van der Waals surface area contributed by atoms with Crippen LogP contribution in [0.4, 0.5) is 0 Å². The lowest BCUT2D eigenvalue weighted by Crippen LogP contribution is -2.27. The zero-order chi connectivity index (χ0) is 28.2. The highest BCUT2D eigenvalue weighted by molar-refractivity contribution is 6.05. The van der Waals surface area contributed by atoms with Crippen LogP contribution in [0.25, 0.3) is 11.1 Å². The molecule has 3 rings (SSSR count). The van der Waals surface area contributed by atoms with Gasteiger partial charge < -0.3 is 29.0 Å². The van der Waals surface area contributed by atoms with Crippen LogP contribution in [-0.2, 0) is 18.9 Å². The number of nitrogens with one attached hydrogen (secondary N) is 1. The molecule has 0 aliphatic rings. The molecule has 0 aliphatic carbocycles. The zero-order valence-corrected chi connectivity index (χ0v) is 22.5. The topological polar surface area (TPSA) is 109 Å². The average Bonchev–Trinajstić information content (AvgIpc) is 2.95. The van der Waals surface area contributed by atoms with Crippen LogP contribution in [0.3, 0.4) is 0 Å². The van der Waals surface area contributed by atoms with Gasteiger partial charge in [-0.2, -0.15) is 0 Å². The van der Waals surface area contributed by atoms with E-state index in [2.05, 4.69) is 5.32 Å². The maximum atomic E-state index is 13.2. The number of methoxy groups -OCH3 is 2. The lowest BCUT2D eigenvalue weighted by molar-refractivity contribution is -0.0435. The minimum Gasteiger partial charge on any atom is -0.465 e. The van der Waals surface area contributed by atoms with Gasteiger partial charge in [0.05, 0.1) is 31.5 Å². The first-order chi connectivity index (χ1) is 18.8. The van der Waals surface area contributed by atoms with E-state index < -0.39 is 11.9 Å². The highest BCUT2D eigenvalue weighted by atomic mass is 16.7. The van der Waals surface area contributed by atoms with Gasteiger partial charge in [-0.25, -0.2) is 9.59 Å². The summed E-state index contributed by atoms with van der Waals surface area (Å²) in [6.45, 7) is 4.77. The average molecular weight is 536 g/mol. The van der Waals surface area contributed by atoms with Crippen molar-refractivity contribution in [1.82, 2.24) is 5.32 Å². The Morgan fingerprint density at radius 2 is 1.49 bits per heavy atom. The fraction of sp³-hybridized carbons (Fsp3) is 0.300. The van der Waals surface area contributed by atoms with E-state index in [1.165, 1.54) is 26.4 Å². The van der Waals surface area contributed by atoms with Gasteiger partial charge >= 0.3 is 11.9 Å². The molecule has 9 heteroatoms. The van der Waals surface area contributed by atoms with Gasteiger partial charge in [0.1, 0.15) is 11.5 Å². The minimum atomic E-state index is -0.685. The number of carbonyl (C=O) groups excluding carboxylic acids is 3. The van der Waals surface area contributed by atoms with Crippen molar-refractivity contribution in [3.8, 4) is 22.6 Å². The molecule has 0 aliphatic heterocycles. The van der Waals surface area contributed by atoms with Crippen molar-refractivity contribution in [1.29, 1.82) is 0 Å². The van der Waals surface area contributed by atoms with Crippen LogP contribution in [0.15, 0.2) is 66.7 Å². The smallest absolute Gasteiger partial charge is 0.341 e. The van der Waals surface area contributed by atoms with Crippen molar-refractivity contribution < 1.29 is 38.1 Å². The molecule has 39 heavy (non-hydrogen) atoms. The molecule has 0 aromatic heterocycles. The van der Waals surface area contributed by atoms with Crippen molar-refractivity contribution in [2.24, 2.45) is 5.92 Å². The van der Waals surface area contributed by atoms with Crippen LogP contribution in [0.2, 0.25) is 0 Å². The van der Waals surface area contributed by atoms with Crippen molar-refractivity contribution in [2.75, 3.05) is 40.8 Å². The molecule has 1 N–H and O–H groups in total. The predicted octanol–water partition coefficient (Wildman–Crippen LogP) is 5.10. The molecule has 3 aromatic rings. The number of para-hydroxylation sites is 1. The second-order valence-electron chi connectivity index (χ2n) is 8.93. The van der Waals surface area contributed by atoms with Gasteiger partial charge in [0, 0.05) is 19.2 Å². The summed E-state index contributed by atoms with van der Waals surface area (Å²) in [6.07, 6.45) is 0. The summed E-state index contributed by atoms with van der Waals surface area (Å²) in [5.41, 5.74) is 1.34. The summed E-state index contributed by atoms with van der Waals surface area (Å²) in [5.74, 6) is -0.427. The lowest BCUT2D eigenvalue weighted by atomic mass is 9.93. The van der Waals surface area contributed by atoms with Crippen LogP contribution in [0.5, 0.6) is 11.5 Å². The van der Waals surface area contributed by atoms with E-state index in [4.69, 9.17) is 23.7 Å². The maximum Gasteiger partial charge on any atom is 0.341 e. The molecule has 0 saturated carbocycles. The summed E-state index contributed by atoms with van der Waals surface area (Å²) in [6, 6.07) is 18.6. The molecule has 0 heterocycles. The monoisotopic (exact) mass is 535 g/mol. The van der Waals surface area contributed by atoms with Gasteiger partial charge in [0.2, 0.25) is 0 Å². The third-order valence-electron chi connectivity index (χ3n) is 5.54. The van der Waals surface area contributed by atoms with Crippen molar-refractivity contribution >= 4 is 17.8 Å². The number of amides is 1. The molecule has 0 unspecified atom stereocenters. The molecule has 9 nitrogen and oxygen atoms in total. The highest BCUT2D eigenvalue weighted by Gasteiger charge is 2.23. The largest absolute Gasteiger partial charge is 0.465 e. The van der Waals surface area contributed by atoms with Gasteiger partial charge in [-0.3, -0.25) is 4.79 Å². The second-order valence-corrected chi connectivity index (χ2v) is 8.93. The number of ether oxygens (including phenoxy) is 5. The number of benzene rings is 3. The van der Waals surface area contributed by atoms with E-state index in [0.29, 0.717) is 41.3 Å². The Bertz CT molecular complexity index is 1270. The normalized spacial score (nSPS) is 10.7. The third-order valence-corrected chi connectivity index (χ3v) is 5.54. The van der Waals surface area contributed by atoms with E-state index in [1.54, 1.807) is 36.4 Å². The van der Waals surface area contributed by atoms with Crippen LogP contribution < -0.4 is 10.1 Å². The van der Waals surface area contributed by atoms with Crippen molar-refractivity contribution in [2.45, 2.75) is 13.8 Å². The standard InChI is InChI=1S/C30H33NO8/c1-20(2)18-31-28(32)21-10-12-24(26(16-21)29(33)36-4)25-13-11-23(39-22-8-6-5-7-9-22)17-27(25)30(34)38-19-37-15-14-35-3/h5-13,16-17,20H,14-15,18-19H2,1-4H3,(H,31,32). The van der Waals surface area contributed by atoms with Crippen LogP contribution in [-0.4, -0.2) is 58.6 Å². The Kier molecular flexibility index (Phi) is 11.0. The first kappa shape index (κ1) is 29.3. The Balaban J connectivity index is 2.01. The molecular formula is C30H33NO8. The van der Waals surface area contributed by atoms with Crippen molar-refractivity contribution in [3.63, 3.8) is 0 Å². The molecule has 1 amide bonds. The maximum absolute atomic E-state index is 13.2. The molecular weight excluding hydrogens is 502 g/mol. The molecule has 0 radical (unpaired) electrons. The summed E-state index contributed by atoms with van der Waals surface area (Å²) in [5, 5.41) is 2.84. The van der Waals surface area contributed by atoms with E-state index in [0.717, 1.165) is 0 Å². The summed E-state index contributed by atoms with van der Waals surface area (Å²) < 4.78 is 26.4. The first-order valence-corrected chi connectivity index (χ1v) is 12.5. The van der Waals surface area contributed by atoms with Gasteiger partial charge in [-0.05, 0) is 59.5 Å². The van der Waals surface area contributed by atoms with Gasteiger partial charge in [-0.1, -0.05) is 38.1 Å². The first-order valence-electron chi connectivity index (χ1n) is 12.5. The molecule has 206 valence electrons. The minimum absolute atomic E-state index is 0.122. The summed E-state index contributed by atoms with van der Waals surface area (Å²) in [7, 11) is 2.79. The third kappa shape index (κ3) is 8.39. The van der Waals surface area contributed by atoms with Gasteiger partial charge in [-0.15, -0.1) is 0 Å². The number of carbonyl (C=O) groups is 3. The van der Waals surface area contributed by atoms with Crippen LogP contribution in [0.1, 0.15) is 44.9 Å². The molecule has 0 bridgehead atoms. The quantitative estimate of drug-likeness (QED) is 0.183. The number of hydrogen-bond acceptors (Lipinski definition) is 8. The van der Waals surface area contributed by atoms with Crippen LogP contribution >= 0.6 is 0 Å². The van der Waals surface area contributed by atoms with E-state index in [9.17, 15) is 14.4 Å². The lowest BCUT2D eigenvalue weighted by Gasteiger charge is -2.16. The van der Waals surface area contributed by atoms with Gasteiger partial charge in [0.15, 0.2) is 6.79 Å². The Labute approximate surface area is 228 Å². The SMILES string of the molecule is COCCOCOC(=O)c1cc(Oc2ccccc2)ccc1-c1ccc(C(=O)NCC(C)C)cc1C(=O)OC. The number of rotatable bonds is 13. The summed E-state index contributed by atoms with van der Waals surface area (Å²) in [4.78, 5) is 38.6. The molecule has 0 fully saturated rings. The fourth-order valence-corrected chi connectivity index (χ4v) is 3.59. The zero-order valence-electron chi connectivity index (χ0n) is 22.5. The second kappa shape index (κ2) is 14.7. The molecule has 0 saturated heterocycles. The number of esters is 2. The van der Waals surface area contributed by atoms with E-state index >= 15 is 0 Å².